The summed E-state index contributed by atoms with van der Waals surface area (Å²) in [5, 5.41) is 12.5. The first-order valence-corrected chi connectivity index (χ1v) is 10.9. The summed E-state index contributed by atoms with van der Waals surface area (Å²) in [4.78, 5) is 19.1. The molecule has 0 saturated heterocycles. The highest BCUT2D eigenvalue weighted by molar-refractivity contribution is 7.99. The van der Waals surface area contributed by atoms with Gasteiger partial charge >= 0.3 is 12.3 Å². The smallest absolute Gasteiger partial charge is 0.416 e. The third-order valence-electron chi connectivity index (χ3n) is 5.08. The number of aromatic amines is 1. The molecule has 3 N–H and O–H groups in total. The molecule has 5 nitrogen and oxygen atoms in total. The second-order valence-electron chi connectivity index (χ2n) is 7.23. The highest BCUT2D eigenvalue weighted by Gasteiger charge is 2.32. The Morgan fingerprint density at radius 2 is 1.97 bits per heavy atom. The normalized spacial score (nSPS) is 11.7. The molecule has 0 spiro atoms. The molecule has 2 aromatic carbocycles. The first-order chi connectivity index (χ1) is 15.6. The Morgan fingerprint density at radius 1 is 1.21 bits per heavy atom. The fourth-order valence-electron chi connectivity index (χ4n) is 3.54. The van der Waals surface area contributed by atoms with Gasteiger partial charge in [0.25, 0.3) is 0 Å². The lowest BCUT2D eigenvalue weighted by Crippen LogP contribution is -2.21. The monoisotopic (exact) mass is 491 g/mol. The van der Waals surface area contributed by atoms with Crippen molar-refractivity contribution in [1.29, 1.82) is 0 Å². The van der Waals surface area contributed by atoms with Crippen molar-refractivity contribution in [2.24, 2.45) is 0 Å². The molecule has 4 aromatic rings. The van der Waals surface area contributed by atoms with Crippen LogP contribution >= 0.6 is 23.4 Å². The lowest BCUT2D eigenvalue weighted by atomic mass is 10.1. The van der Waals surface area contributed by atoms with Crippen LogP contribution in [0.3, 0.4) is 0 Å². The van der Waals surface area contributed by atoms with Gasteiger partial charge in [-0.2, -0.15) is 13.2 Å². The molecule has 0 fully saturated rings. The summed E-state index contributed by atoms with van der Waals surface area (Å²) in [7, 11) is 0. The summed E-state index contributed by atoms with van der Waals surface area (Å²) < 4.78 is 40.0. The summed E-state index contributed by atoms with van der Waals surface area (Å²) >= 11 is 7.36. The lowest BCUT2D eigenvalue weighted by Gasteiger charge is -2.16. The molecule has 0 radical (unpaired) electrons. The lowest BCUT2D eigenvalue weighted by molar-refractivity contribution is -0.137. The molecule has 4 rings (SSSR count). The molecule has 0 atom stereocenters. The van der Waals surface area contributed by atoms with Crippen LogP contribution in [0, 0.1) is 6.92 Å². The number of pyridine rings is 1. The van der Waals surface area contributed by atoms with E-state index in [1.165, 1.54) is 0 Å². The summed E-state index contributed by atoms with van der Waals surface area (Å²) in [5.41, 5.74) is 2.69. The number of para-hydroxylation sites is 1. The van der Waals surface area contributed by atoms with Crippen LogP contribution in [0.15, 0.2) is 64.6 Å². The van der Waals surface area contributed by atoms with Gasteiger partial charge < -0.3 is 15.4 Å². The van der Waals surface area contributed by atoms with Crippen LogP contribution in [0.25, 0.3) is 22.2 Å². The maximum absolute atomic E-state index is 13.3. The number of hydrogen-bond donors (Lipinski definition) is 3. The van der Waals surface area contributed by atoms with Gasteiger partial charge in [0.15, 0.2) is 0 Å². The van der Waals surface area contributed by atoms with E-state index in [2.05, 4.69) is 15.3 Å². The highest BCUT2D eigenvalue weighted by atomic mass is 35.5. The van der Waals surface area contributed by atoms with Crippen molar-refractivity contribution in [3.63, 3.8) is 0 Å². The Morgan fingerprint density at radius 3 is 2.67 bits per heavy atom. The minimum absolute atomic E-state index is 0.104. The standard InChI is InChI=1S/C23H17ClF3N3O2S/c1-12-15-5-2-3-7-18(15)30-19(12)16-6-4-8-28-21(16)33-20-13(11-29-22(31)32)9-14(10-17(20)24)23(25,26)27/h2-10,29-30H,11H2,1H3,(H,31,32). The second kappa shape index (κ2) is 8.99. The predicted molar refractivity (Wildman–Crippen MR) is 122 cm³/mol. The van der Waals surface area contributed by atoms with Crippen LogP contribution in [-0.4, -0.2) is 21.2 Å². The average Bonchev–Trinajstić information content (AvgIpc) is 3.10. The van der Waals surface area contributed by atoms with Crippen molar-refractivity contribution >= 4 is 40.4 Å². The first-order valence-electron chi connectivity index (χ1n) is 9.72. The van der Waals surface area contributed by atoms with Crippen molar-refractivity contribution in [1.82, 2.24) is 15.3 Å². The van der Waals surface area contributed by atoms with Gasteiger partial charge in [0.2, 0.25) is 0 Å². The fourth-order valence-corrected chi connectivity index (χ4v) is 4.90. The SMILES string of the molecule is Cc1c(-c2cccnc2Sc2c(Cl)cc(C(F)(F)F)cc2CNC(=O)O)[nH]c2ccccc12. The molecular formula is C23H17ClF3N3O2S. The molecule has 1 amide bonds. The molecule has 170 valence electrons. The Labute approximate surface area is 196 Å². The third-order valence-corrected chi connectivity index (χ3v) is 6.70. The Bertz CT molecular complexity index is 1350. The van der Waals surface area contributed by atoms with Crippen LogP contribution in [0.1, 0.15) is 16.7 Å². The molecule has 33 heavy (non-hydrogen) atoms. The van der Waals surface area contributed by atoms with Gasteiger partial charge in [-0.3, -0.25) is 0 Å². The van der Waals surface area contributed by atoms with E-state index in [1.54, 1.807) is 12.3 Å². The predicted octanol–water partition coefficient (Wildman–Crippen LogP) is 7.13. The zero-order valence-electron chi connectivity index (χ0n) is 17.1. The van der Waals surface area contributed by atoms with E-state index in [1.807, 2.05) is 37.3 Å². The van der Waals surface area contributed by atoms with E-state index in [0.717, 1.165) is 51.6 Å². The number of fused-ring (bicyclic) bond motifs is 1. The van der Waals surface area contributed by atoms with Gasteiger partial charge in [-0.25, -0.2) is 9.78 Å². The maximum Gasteiger partial charge on any atom is 0.416 e. The molecule has 2 heterocycles. The van der Waals surface area contributed by atoms with E-state index in [0.29, 0.717) is 9.92 Å². The van der Waals surface area contributed by atoms with Crippen LogP contribution in [0.5, 0.6) is 0 Å². The fraction of sp³-hybridized carbons (Fsp3) is 0.130. The maximum atomic E-state index is 13.3. The van der Waals surface area contributed by atoms with Crippen molar-refractivity contribution in [3.05, 3.63) is 76.4 Å². The van der Waals surface area contributed by atoms with Crippen LogP contribution in [-0.2, 0) is 12.7 Å². The van der Waals surface area contributed by atoms with Gasteiger partial charge in [-0.1, -0.05) is 41.6 Å². The quantitative estimate of drug-likeness (QED) is 0.277. The number of H-pyrrole nitrogens is 1. The number of alkyl halides is 3. The molecule has 0 saturated carbocycles. The largest absolute Gasteiger partial charge is 0.465 e. The van der Waals surface area contributed by atoms with Crippen LogP contribution in [0.2, 0.25) is 5.02 Å². The average molecular weight is 492 g/mol. The number of amides is 1. The highest BCUT2D eigenvalue weighted by Crippen LogP contribution is 2.43. The molecule has 0 unspecified atom stereocenters. The van der Waals surface area contributed by atoms with Gasteiger partial charge in [0.1, 0.15) is 5.03 Å². The van der Waals surface area contributed by atoms with Crippen LogP contribution < -0.4 is 5.32 Å². The van der Waals surface area contributed by atoms with Crippen molar-refractivity contribution in [2.45, 2.75) is 29.6 Å². The van der Waals surface area contributed by atoms with E-state index in [9.17, 15) is 18.0 Å². The van der Waals surface area contributed by atoms with Gasteiger partial charge in [0, 0.05) is 34.1 Å². The summed E-state index contributed by atoms with van der Waals surface area (Å²) in [5.74, 6) is 0. The first kappa shape index (κ1) is 23.0. The van der Waals surface area contributed by atoms with E-state index < -0.39 is 17.8 Å². The number of aryl methyl sites for hydroxylation is 1. The van der Waals surface area contributed by atoms with Crippen LogP contribution in [0.4, 0.5) is 18.0 Å². The van der Waals surface area contributed by atoms with Crippen molar-refractivity contribution in [2.75, 3.05) is 0 Å². The van der Waals surface area contributed by atoms with Gasteiger partial charge in [-0.05, 0) is 48.4 Å². The minimum atomic E-state index is -4.62. The van der Waals surface area contributed by atoms with Crippen molar-refractivity contribution in [3.8, 4) is 11.3 Å². The van der Waals surface area contributed by atoms with Gasteiger partial charge in [-0.15, -0.1) is 0 Å². The zero-order chi connectivity index (χ0) is 23.8. The number of nitrogens with one attached hydrogen (secondary N) is 2. The summed E-state index contributed by atoms with van der Waals surface area (Å²) in [6.07, 6.45) is -4.40. The number of halogens is 4. The van der Waals surface area contributed by atoms with E-state index in [-0.39, 0.29) is 17.1 Å². The Kier molecular flexibility index (Phi) is 6.27. The number of carbonyl (C=O) groups is 1. The summed E-state index contributed by atoms with van der Waals surface area (Å²) in [6.45, 7) is 1.64. The third kappa shape index (κ3) is 4.79. The van der Waals surface area contributed by atoms with Gasteiger partial charge in [0.05, 0.1) is 16.3 Å². The van der Waals surface area contributed by atoms with E-state index in [4.69, 9.17) is 16.7 Å². The molecular weight excluding hydrogens is 475 g/mol. The molecule has 2 aromatic heterocycles. The molecule has 0 aliphatic heterocycles. The number of rotatable bonds is 5. The minimum Gasteiger partial charge on any atom is -0.465 e. The number of benzene rings is 2. The number of aromatic nitrogens is 2. The number of nitrogens with zero attached hydrogens (tertiary/aromatic N) is 1. The number of hydrogen-bond acceptors (Lipinski definition) is 3. The molecule has 0 bridgehead atoms. The molecule has 0 aliphatic carbocycles. The van der Waals surface area contributed by atoms with E-state index >= 15 is 0 Å². The second-order valence-corrected chi connectivity index (χ2v) is 8.64. The van der Waals surface area contributed by atoms with Crippen molar-refractivity contribution < 1.29 is 23.1 Å². The molecule has 10 heteroatoms. The zero-order valence-corrected chi connectivity index (χ0v) is 18.7. The molecule has 0 aliphatic rings. The Balaban J connectivity index is 1.81. The topological polar surface area (TPSA) is 78.0 Å². The number of carboxylic acid groups (broad SMARTS) is 1. The Hall–Kier alpha value is -3.17. The summed E-state index contributed by atoms with van der Waals surface area (Å²) in [6, 6.07) is 13.2.